The van der Waals surface area contributed by atoms with Gasteiger partial charge in [-0.15, -0.1) is 0 Å². The Labute approximate surface area is 92.6 Å². The molecule has 0 aliphatic rings. The van der Waals surface area contributed by atoms with E-state index in [2.05, 4.69) is 14.7 Å². The quantitative estimate of drug-likeness (QED) is 0.761. The predicted molar refractivity (Wildman–Crippen MR) is 60.8 cm³/mol. The Balaban J connectivity index is 2.29. The molecular formula is C11H13N3O2. The molecule has 0 spiro atoms. The van der Waals surface area contributed by atoms with Crippen molar-refractivity contribution in [2.75, 3.05) is 12.8 Å². The fourth-order valence-electron chi connectivity index (χ4n) is 1.72. The number of anilines is 1. The number of aromatic nitrogens is 2. The Kier molecular flexibility index (Phi) is 2.76. The van der Waals surface area contributed by atoms with Crippen molar-refractivity contribution in [2.24, 2.45) is 0 Å². The molecule has 84 valence electrons. The number of methoxy groups -OCH3 is 1. The number of rotatable bonds is 3. The van der Waals surface area contributed by atoms with Crippen molar-refractivity contribution < 1.29 is 9.53 Å². The second-order valence-electron chi connectivity index (χ2n) is 3.51. The van der Waals surface area contributed by atoms with Gasteiger partial charge in [-0.3, -0.25) is 9.78 Å². The number of H-pyrrole nitrogens is 1. The number of ether oxygens (including phenoxy) is 1. The van der Waals surface area contributed by atoms with Crippen LogP contribution < -0.4 is 5.73 Å². The van der Waals surface area contributed by atoms with Gasteiger partial charge in [0.15, 0.2) is 0 Å². The van der Waals surface area contributed by atoms with Crippen LogP contribution in [-0.4, -0.2) is 23.0 Å². The van der Waals surface area contributed by atoms with Crippen LogP contribution in [0.4, 0.5) is 5.82 Å². The number of carbonyl (C=O) groups excluding carboxylic acids is 1. The minimum Gasteiger partial charge on any atom is -0.469 e. The first-order valence-electron chi connectivity index (χ1n) is 4.99. The van der Waals surface area contributed by atoms with E-state index in [1.807, 2.05) is 6.07 Å². The third-order valence-corrected chi connectivity index (χ3v) is 2.55. The Morgan fingerprint density at radius 2 is 2.44 bits per heavy atom. The van der Waals surface area contributed by atoms with Crippen LogP contribution in [0.2, 0.25) is 0 Å². The molecule has 5 nitrogen and oxygen atoms in total. The van der Waals surface area contributed by atoms with Crippen molar-refractivity contribution in [3.63, 3.8) is 0 Å². The smallest absolute Gasteiger partial charge is 0.305 e. The fraction of sp³-hybridized carbons (Fsp3) is 0.273. The van der Waals surface area contributed by atoms with Crippen molar-refractivity contribution in [1.29, 1.82) is 0 Å². The SMILES string of the molecule is COC(=O)CCc1c(N)[nH]c2cnccc12. The van der Waals surface area contributed by atoms with Crippen molar-refractivity contribution in [3.8, 4) is 0 Å². The minimum absolute atomic E-state index is 0.234. The molecule has 5 heteroatoms. The van der Waals surface area contributed by atoms with E-state index in [1.54, 1.807) is 12.4 Å². The highest BCUT2D eigenvalue weighted by Gasteiger charge is 2.10. The van der Waals surface area contributed by atoms with Gasteiger partial charge in [-0.1, -0.05) is 0 Å². The second kappa shape index (κ2) is 4.22. The molecule has 0 fully saturated rings. The molecule has 0 aromatic carbocycles. The highest BCUT2D eigenvalue weighted by molar-refractivity contribution is 5.88. The monoisotopic (exact) mass is 219 g/mol. The zero-order chi connectivity index (χ0) is 11.5. The summed E-state index contributed by atoms with van der Waals surface area (Å²) in [5, 5.41) is 1.01. The van der Waals surface area contributed by atoms with E-state index in [4.69, 9.17) is 5.73 Å². The van der Waals surface area contributed by atoms with E-state index in [1.165, 1.54) is 7.11 Å². The van der Waals surface area contributed by atoms with E-state index >= 15 is 0 Å². The van der Waals surface area contributed by atoms with Crippen LogP contribution in [0.1, 0.15) is 12.0 Å². The van der Waals surface area contributed by atoms with Crippen molar-refractivity contribution >= 4 is 22.7 Å². The molecular weight excluding hydrogens is 206 g/mol. The number of nitrogen functional groups attached to an aromatic ring is 1. The molecule has 2 heterocycles. The summed E-state index contributed by atoms with van der Waals surface area (Å²) >= 11 is 0. The van der Waals surface area contributed by atoms with E-state index in [0.29, 0.717) is 18.7 Å². The topological polar surface area (TPSA) is 81.0 Å². The first-order valence-corrected chi connectivity index (χ1v) is 4.99. The van der Waals surface area contributed by atoms with E-state index < -0.39 is 0 Å². The van der Waals surface area contributed by atoms with Crippen molar-refractivity contribution in [3.05, 3.63) is 24.0 Å². The summed E-state index contributed by atoms with van der Waals surface area (Å²) in [7, 11) is 1.38. The summed E-state index contributed by atoms with van der Waals surface area (Å²) in [5.41, 5.74) is 7.68. The lowest BCUT2D eigenvalue weighted by Gasteiger charge is -2.00. The Morgan fingerprint density at radius 3 is 3.19 bits per heavy atom. The number of nitrogens with two attached hydrogens (primary N) is 1. The molecule has 16 heavy (non-hydrogen) atoms. The molecule has 0 atom stereocenters. The van der Waals surface area contributed by atoms with Crippen molar-refractivity contribution in [2.45, 2.75) is 12.8 Å². The van der Waals surface area contributed by atoms with Gasteiger partial charge in [0.1, 0.15) is 5.82 Å². The molecule has 0 bridgehead atoms. The van der Waals surface area contributed by atoms with Crippen LogP contribution in [0, 0.1) is 0 Å². The molecule has 2 aromatic heterocycles. The molecule has 0 aliphatic heterocycles. The molecule has 3 N–H and O–H groups in total. The highest BCUT2D eigenvalue weighted by atomic mass is 16.5. The van der Waals surface area contributed by atoms with Crippen LogP contribution in [0.3, 0.4) is 0 Å². The van der Waals surface area contributed by atoms with Crippen molar-refractivity contribution in [1.82, 2.24) is 9.97 Å². The summed E-state index contributed by atoms with van der Waals surface area (Å²) in [6, 6.07) is 1.88. The largest absolute Gasteiger partial charge is 0.469 e. The maximum Gasteiger partial charge on any atom is 0.305 e. The van der Waals surface area contributed by atoms with Crippen LogP contribution in [0.25, 0.3) is 10.9 Å². The standard InChI is InChI=1S/C11H13N3O2/c1-16-10(15)3-2-8-7-4-5-13-6-9(7)14-11(8)12/h4-6,14H,2-3,12H2,1H3. The Hall–Kier alpha value is -2.04. The number of hydrogen-bond acceptors (Lipinski definition) is 4. The Morgan fingerprint density at radius 1 is 1.62 bits per heavy atom. The molecule has 0 saturated carbocycles. The molecule has 0 amide bonds. The number of carbonyl (C=O) groups is 1. The van der Waals surface area contributed by atoms with Gasteiger partial charge in [-0.25, -0.2) is 0 Å². The van der Waals surface area contributed by atoms with Gasteiger partial charge in [-0.2, -0.15) is 0 Å². The number of fused-ring (bicyclic) bond motifs is 1. The summed E-state index contributed by atoms with van der Waals surface area (Å²) in [6.45, 7) is 0. The number of esters is 1. The third kappa shape index (κ3) is 1.84. The van der Waals surface area contributed by atoms with E-state index in [0.717, 1.165) is 16.5 Å². The van der Waals surface area contributed by atoms with E-state index in [9.17, 15) is 4.79 Å². The first-order chi connectivity index (χ1) is 7.72. The zero-order valence-electron chi connectivity index (χ0n) is 8.99. The average molecular weight is 219 g/mol. The summed E-state index contributed by atoms with van der Waals surface area (Å²) in [6.07, 6.45) is 4.32. The molecule has 0 saturated heterocycles. The van der Waals surface area contributed by atoms with Crippen LogP contribution in [-0.2, 0) is 16.0 Å². The number of hydrogen-bond donors (Lipinski definition) is 2. The number of pyridine rings is 1. The Bertz CT molecular complexity index is 519. The van der Waals surface area contributed by atoms with Crippen LogP contribution in [0.15, 0.2) is 18.5 Å². The number of nitrogens with zero attached hydrogens (tertiary/aromatic N) is 1. The molecule has 0 radical (unpaired) electrons. The first kappa shape index (κ1) is 10.5. The van der Waals surface area contributed by atoms with Gasteiger partial charge < -0.3 is 15.5 Å². The van der Waals surface area contributed by atoms with Gasteiger partial charge in [0, 0.05) is 23.6 Å². The second-order valence-corrected chi connectivity index (χ2v) is 3.51. The van der Waals surface area contributed by atoms with Crippen LogP contribution >= 0.6 is 0 Å². The van der Waals surface area contributed by atoms with Gasteiger partial charge in [-0.05, 0) is 12.5 Å². The maximum absolute atomic E-state index is 11.1. The maximum atomic E-state index is 11.1. The number of aromatic amines is 1. The fourth-order valence-corrected chi connectivity index (χ4v) is 1.72. The van der Waals surface area contributed by atoms with Gasteiger partial charge in [0.05, 0.1) is 18.8 Å². The lowest BCUT2D eigenvalue weighted by Crippen LogP contribution is -2.02. The zero-order valence-corrected chi connectivity index (χ0v) is 8.99. The molecule has 2 rings (SSSR count). The van der Waals surface area contributed by atoms with E-state index in [-0.39, 0.29) is 5.97 Å². The predicted octanol–water partition coefficient (Wildman–Crippen LogP) is 1.25. The summed E-state index contributed by atoms with van der Waals surface area (Å²) < 4.78 is 4.60. The van der Waals surface area contributed by atoms with Crippen LogP contribution in [0.5, 0.6) is 0 Å². The summed E-state index contributed by atoms with van der Waals surface area (Å²) in [4.78, 5) is 18.1. The average Bonchev–Trinajstić information content (AvgIpc) is 2.62. The molecule has 0 unspecified atom stereocenters. The molecule has 2 aromatic rings. The minimum atomic E-state index is -0.234. The van der Waals surface area contributed by atoms with Gasteiger partial charge >= 0.3 is 5.97 Å². The summed E-state index contributed by atoms with van der Waals surface area (Å²) in [5.74, 6) is 0.356. The van der Waals surface area contributed by atoms with Gasteiger partial charge in [0.2, 0.25) is 0 Å². The molecule has 0 aliphatic carbocycles. The highest BCUT2D eigenvalue weighted by Crippen LogP contribution is 2.24. The lowest BCUT2D eigenvalue weighted by molar-refractivity contribution is -0.140. The lowest BCUT2D eigenvalue weighted by atomic mass is 10.1. The normalized spacial score (nSPS) is 10.6. The van der Waals surface area contributed by atoms with Gasteiger partial charge in [0.25, 0.3) is 0 Å². The third-order valence-electron chi connectivity index (χ3n) is 2.55. The number of aryl methyl sites for hydroxylation is 1. The number of nitrogens with one attached hydrogen (secondary N) is 1.